The molecule has 7 heteroatoms. The maximum atomic E-state index is 12.3. The minimum Gasteiger partial charge on any atom is -0.334 e. The van der Waals surface area contributed by atoms with E-state index in [2.05, 4.69) is 15.4 Å². The average Bonchev–Trinajstić information content (AvgIpc) is 2.66. The molecule has 0 heterocycles. The molecule has 0 aliphatic rings. The van der Waals surface area contributed by atoms with Crippen molar-refractivity contribution in [2.75, 3.05) is 5.32 Å². The molecule has 0 radical (unpaired) electrons. The van der Waals surface area contributed by atoms with Crippen molar-refractivity contribution in [1.29, 1.82) is 0 Å². The molecule has 0 spiro atoms. The summed E-state index contributed by atoms with van der Waals surface area (Å²) in [6.07, 6.45) is 0. The van der Waals surface area contributed by atoms with Crippen LogP contribution in [0.2, 0.25) is 0 Å². The largest absolute Gasteiger partial charge is 0.334 e. The Bertz CT molecular complexity index is 1090. The first kappa shape index (κ1) is 20.8. The first-order valence-corrected chi connectivity index (χ1v) is 11.1. The molecule has 0 fully saturated rings. The number of amides is 2. The van der Waals surface area contributed by atoms with Gasteiger partial charge in [0.15, 0.2) is 0 Å². The van der Waals surface area contributed by atoms with E-state index in [4.69, 9.17) is 0 Å². The molecule has 0 bridgehead atoms. The Kier molecular flexibility index (Phi) is 6.51. The van der Waals surface area contributed by atoms with Crippen molar-refractivity contribution in [2.24, 2.45) is 0 Å². The Morgan fingerprint density at radius 1 is 0.897 bits per heavy atom. The van der Waals surface area contributed by atoms with Gasteiger partial charge in [0, 0.05) is 18.0 Å². The summed E-state index contributed by atoms with van der Waals surface area (Å²) < 4.78 is 26.6. The number of urea groups is 1. The van der Waals surface area contributed by atoms with Crippen LogP contribution in [-0.4, -0.2) is 20.5 Å². The highest BCUT2D eigenvalue weighted by molar-refractivity contribution is 7.88. The lowest BCUT2D eigenvalue weighted by molar-refractivity contribution is 0.252. The number of hydrogen-bond acceptors (Lipinski definition) is 3. The lowest BCUT2D eigenvalue weighted by Crippen LogP contribution is -2.31. The molecule has 0 aromatic heterocycles. The van der Waals surface area contributed by atoms with E-state index < -0.39 is 10.0 Å². The predicted molar refractivity (Wildman–Crippen MR) is 117 cm³/mol. The minimum atomic E-state index is -3.35. The number of hydrogen-bond donors (Lipinski definition) is 3. The van der Waals surface area contributed by atoms with Crippen LogP contribution in [0.25, 0.3) is 10.8 Å². The SMILES string of the molecule is CC(C)NS(=O)(=O)Cc1ccc(CNC(=O)Nc2cccc3ccccc23)cc1. The van der Waals surface area contributed by atoms with Crippen LogP contribution in [0.1, 0.15) is 25.0 Å². The summed E-state index contributed by atoms with van der Waals surface area (Å²) in [5.41, 5.74) is 2.33. The fourth-order valence-corrected chi connectivity index (χ4v) is 4.49. The van der Waals surface area contributed by atoms with E-state index in [-0.39, 0.29) is 17.8 Å². The number of carbonyl (C=O) groups is 1. The van der Waals surface area contributed by atoms with Gasteiger partial charge in [-0.3, -0.25) is 0 Å². The molecular weight excluding hydrogens is 386 g/mol. The Hall–Kier alpha value is -2.90. The number of rotatable bonds is 7. The third kappa shape index (κ3) is 6.04. The maximum Gasteiger partial charge on any atom is 0.319 e. The molecule has 0 saturated carbocycles. The molecule has 0 unspecified atom stereocenters. The van der Waals surface area contributed by atoms with Crippen molar-refractivity contribution in [2.45, 2.75) is 32.2 Å². The summed E-state index contributed by atoms with van der Waals surface area (Å²) in [7, 11) is -3.35. The molecule has 3 aromatic carbocycles. The first-order chi connectivity index (χ1) is 13.8. The first-order valence-electron chi connectivity index (χ1n) is 9.43. The molecule has 0 aliphatic heterocycles. The Morgan fingerprint density at radius 3 is 2.28 bits per heavy atom. The zero-order chi connectivity index (χ0) is 20.9. The topological polar surface area (TPSA) is 87.3 Å². The molecule has 0 atom stereocenters. The van der Waals surface area contributed by atoms with Gasteiger partial charge in [-0.05, 0) is 36.4 Å². The van der Waals surface area contributed by atoms with Crippen LogP contribution >= 0.6 is 0 Å². The number of sulfonamides is 1. The fraction of sp³-hybridized carbons (Fsp3) is 0.227. The number of carbonyl (C=O) groups excluding carboxylic acids is 1. The van der Waals surface area contributed by atoms with Crippen molar-refractivity contribution in [3.8, 4) is 0 Å². The van der Waals surface area contributed by atoms with Gasteiger partial charge in [0.05, 0.1) is 11.4 Å². The summed E-state index contributed by atoms with van der Waals surface area (Å²) in [6, 6.07) is 20.3. The van der Waals surface area contributed by atoms with Gasteiger partial charge in [-0.15, -0.1) is 0 Å². The second-order valence-corrected chi connectivity index (χ2v) is 8.94. The van der Waals surface area contributed by atoms with E-state index in [0.29, 0.717) is 12.1 Å². The minimum absolute atomic E-state index is 0.0690. The zero-order valence-electron chi connectivity index (χ0n) is 16.5. The van der Waals surface area contributed by atoms with Crippen molar-refractivity contribution < 1.29 is 13.2 Å². The molecule has 3 aromatic rings. The van der Waals surface area contributed by atoms with Gasteiger partial charge in [-0.25, -0.2) is 17.9 Å². The smallest absolute Gasteiger partial charge is 0.319 e. The van der Waals surface area contributed by atoms with Crippen LogP contribution < -0.4 is 15.4 Å². The number of benzene rings is 3. The average molecular weight is 412 g/mol. The molecule has 0 aliphatic carbocycles. The summed E-state index contributed by atoms with van der Waals surface area (Å²) in [4.78, 5) is 12.3. The van der Waals surface area contributed by atoms with Crippen LogP contribution in [0.5, 0.6) is 0 Å². The van der Waals surface area contributed by atoms with E-state index in [0.717, 1.165) is 22.0 Å². The van der Waals surface area contributed by atoms with E-state index in [1.807, 2.05) is 54.6 Å². The summed E-state index contributed by atoms with van der Waals surface area (Å²) in [6.45, 7) is 3.92. The lowest BCUT2D eigenvalue weighted by Gasteiger charge is -2.11. The normalized spacial score (nSPS) is 11.6. The Morgan fingerprint density at radius 2 is 1.55 bits per heavy atom. The fourth-order valence-electron chi connectivity index (χ4n) is 3.06. The third-order valence-electron chi connectivity index (χ3n) is 4.29. The second kappa shape index (κ2) is 9.07. The monoisotopic (exact) mass is 411 g/mol. The molecule has 3 rings (SSSR count). The van der Waals surface area contributed by atoms with Crippen molar-refractivity contribution in [3.63, 3.8) is 0 Å². The zero-order valence-corrected chi connectivity index (χ0v) is 17.3. The summed E-state index contributed by atoms with van der Waals surface area (Å²) >= 11 is 0. The number of fused-ring (bicyclic) bond motifs is 1. The van der Waals surface area contributed by atoms with Crippen molar-refractivity contribution in [3.05, 3.63) is 77.9 Å². The van der Waals surface area contributed by atoms with Crippen LogP contribution in [0.15, 0.2) is 66.7 Å². The standard InChI is InChI=1S/C22H25N3O3S/c1-16(2)25-29(27,28)15-18-12-10-17(11-13-18)14-23-22(26)24-21-9-5-7-19-6-3-4-8-20(19)21/h3-13,16,25H,14-15H2,1-2H3,(H2,23,24,26). The summed E-state index contributed by atoms with van der Waals surface area (Å²) in [5, 5.41) is 7.74. The van der Waals surface area contributed by atoms with Crippen LogP contribution in [-0.2, 0) is 22.3 Å². The van der Waals surface area contributed by atoms with Gasteiger partial charge in [0.2, 0.25) is 10.0 Å². The quantitative estimate of drug-likeness (QED) is 0.549. The second-order valence-electron chi connectivity index (χ2n) is 7.18. The van der Waals surface area contributed by atoms with E-state index >= 15 is 0 Å². The highest BCUT2D eigenvalue weighted by atomic mass is 32.2. The van der Waals surface area contributed by atoms with Crippen molar-refractivity contribution >= 4 is 32.5 Å². The molecule has 6 nitrogen and oxygen atoms in total. The molecule has 152 valence electrons. The van der Waals surface area contributed by atoms with Crippen LogP contribution in [0.3, 0.4) is 0 Å². The Balaban J connectivity index is 1.56. The third-order valence-corrected chi connectivity index (χ3v) is 5.83. The molecule has 29 heavy (non-hydrogen) atoms. The molecule has 2 amide bonds. The Labute approximate surface area is 171 Å². The number of anilines is 1. The van der Waals surface area contributed by atoms with Crippen LogP contribution in [0, 0.1) is 0 Å². The lowest BCUT2D eigenvalue weighted by atomic mass is 10.1. The van der Waals surface area contributed by atoms with Gasteiger partial charge in [0.25, 0.3) is 0 Å². The van der Waals surface area contributed by atoms with E-state index in [9.17, 15) is 13.2 Å². The molecular formula is C22H25N3O3S. The van der Waals surface area contributed by atoms with Gasteiger partial charge in [-0.2, -0.15) is 0 Å². The summed E-state index contributed by atoms with van der Waals surface area (Å²) in [5.74, 6) is -0.0690. The highest BCUT2D eigenvalue weighted by Gasteiger charge is 2.13. The van der Waals surface area contributed by atoms with Crippen LogP contribution in [0.4, 0.5) is 10.5 Å². The van der Waals surface area contributed by atoms with Gasteiger partial charge < -0.3 is 10.6 Å². The predicted octanol–water partition coefficient (Wildman–Crippen LogP) is 3.99. The van der Waals surface area contributed by atoms with E-state index in [1.54, 1.807) is 26.0 Å². The van der Waals surface area contributed by atoms with Gasteiger partial charge in [0.1, 0.15) is 0 Å². The van der Waals surface area contributed by atoms with E-state index in [1.165, 1.54) is 0 Å². The number of nitrogens with one attached hydrogen (secondary N) is 3. The van der Waals surface area contributed by atoms with Gasteiger partial charge in [-0.1, -0.05) is 60.7 Å². The van der Waals surface area contributed by atoms with Crippen molar-refractivity contribution in [1.82, 2.24) is 10.0 Å². The maximum absolute atomic E-state index is 12.3. The molecule has 0 saturated heterocycles. The molecule has 3 N–H and O–H groups in total. The van der Waals surface area contributed by atoms with Gasteiger partial charge >= 0.3 is 6.03 Å². The highest BCUT2D eigenvalue weighted by Crippen LogP contribution is 2.22.